The summed E-state index contributed by atoms with van der Waals surface area (Å²) >= 11 is 6.04. The highest BCUT2D eigenvalue weighted by molar-refractivity contribution is 6.31. The van der Waals surface area contributed by atoms with Gasteiger partial charge in [0.2, 0.25) is 11.8 Å². The lowest BCUT2D eigenvalue weighted by molar-refractivity contribution is 0.326. The summed E-state index contributed by atoms with van der Waals surface area (Å²) in [5.74, 6) is 1.20. The lowest BCUT2D eigenvalue weighted by Gasteiger charge is -2.17. The van der Waals surface area contributed by atoms with Gasteiger partial charge in [0.05, 0.1) is 19.1 Å². The quantitative estimate of drug-likeness (QED) is 0.910. The lowest BCUT2D eigenvalue weighted by atomic mass is 10.0. The van der Waals surface area contributed by atoms with Gasteiger partial charge in [-0.05, 0) is 6.92 Å². The second-order valence-corrected chi connectivity index (χ2v) is 5.77. The van der Waals surface area contributed by atoms with E-state index >= 15 is 0 Å². The molecule has 3 rings (SSSR count). The molecule has 0 saturated carbocycles. The summed E-state index contributed by atoms with van der Waals surface area (Å²) in [7, 11) is 1.98. The number of anilines is 1. The first kappa shape index (κ1) is 15.1. The minimum Gasteiger partial charge on any atom is -0.477 e. The Labute approximate surface area is 134 Å². The van der Waals surface area contributed by atoms with Crippen molar-refractivity contribution in [3.05, 3.63) is 29.4 Å². The molecule has 2 atom stereocenters. The molecule has 0 radical (unpaired) electrons. The van der Waals surface area contributed by atoms with Crippen LogP contribution in [0.25, 0.3) is 0 Å². The molecule has 1 aliphatic heterocycles. The van der Waals surface area contributed by atoms with Crippen LogP contribution in [0.15, 0.2) is 18.7 Å². The minimum absolute atomic E-state index is 0.00483. The van der Waals surface area contributed by atoms with Gasteiger partial charge in [-0.1, -0.05) is 11.6 Å². The maximum Gasteiger partial charge on any atom is 0.237 e. The molecule has 3 heterocycles. The molecular formula is C14H19ClN6O. The first-order chi connectivity index (χ1) is 10.6. The Morgan fingerprint density at radius 2 is 2.23 bits per heavy atom. The van der Waals surface area contributed by atoms with Crippen molar-refractivity contribution in [1.29, 1.82) is 0 Å². The molecule has 7 nitrogen and oxygen atoms in total. The van der Waals surface area contributed by atoms with Gasteiger partial charge < -0.3 is 19.9 Å². The van der Waals surface area contributed by atoms with Crippen molar-refractivity contribution >= 4 is 17.5 Å². The Bertz CT molecular complexity index is 661. The minimum atomic E-state index is 0.00483. The third kappa shape index (κ3) is 2.74. The van der Waals surface area contributed by atoms with Crippen LogP contribution in [-0.4, -0.2) is 45.3 Å². The second-order valence-electron chi connectivity index (χ2n) is 5.36. The van der Waals surface area contributed by atoms with E-state index in [1.54, 1.807) is 12.5 Å². The molecule has 118 valence electrons. The molecule has 0 unspecified atom stereocenters. The number of aromatic nitrogens is 4. The van der Waals surface area contributed by atoms with Crippen molar-refractivity contribution in [2.75, 3.05) is 24.6 Å². The highest BCUT2D eigenvalue weighted by Crippen LogP contribution is 2.30. The highest BCUT2D eigenvalue weighted by atomic mass is 35.5. The molecule has 0 amide bonds. The number of nitrogens with two attached hydrogens (primary N) is 1. The average Bonchev–Trinajstić information content (AvgIpc) is 3.07. The van der Waals surface area contributed by atoms with Crippen LogP contribution in [0.2, 0.25) is 5.02 Å². The Morgan fingerprint density at radius 1 is 1.41 bits per heavy atom. The third-order valence-electron chi connectivity index (χ3n) is 3.86. The van der Waals surface area contributed by atoms with Crippen molar-refractivity contribution in [3.63, 3.8) is 0 Å². The van der Waals surface area contributed by atoms with Crippen LogP contribution < -0.4 is 15.4 Å². The molecule has 1 fully saturated rings. The SMILES string of the molecule is CCOc1nc(N2C[C@@H](N)[C@H](c3cncn3C)C2)ncc1Cl. The van der Waals surface area contributed by atoms with E-state index in [2.05, 4.69) is 19.9 Å². The molecule has 2 aromatic heterocycles. The number of aryl methyl sites for hydroxylation is 1. The molecular weight excluding hydrogens is 304 g/mol. The van der Waals surface area contributed by atoms with Crippen LogP contribution in [0.3, 0.4) is 0 Å². The van der Waals surface area contributed by atoms with Crippen molar-refractivity contribution in [1.82, 2.24) is 19.5 Å². The standard InChI is InChI=1S/C14H19ClN6O/c1-3-22-13-10(15)4-18-14(19-13)21-6-9(11(16)7-21)12-5-17-8-20(12)2/h4-5,8-9,11H,3,6-7,16H2,1-2H3/t9-,11-/m1/s1. The number of halogens is 1. The maximum absolute atomic E-state index is 6.30. The number of imidazole rings is 1. The Morgan fingerprint density at radius 3 is 2.91 bits per heavy atom. The van der Waals surface area contributed by atoms with Crippen LogP contribution in [0.1, 0.15) is 18.5 Å². The summed E-state index contributed by atoms with van der Waals surface area (Å²) in [5.41, 5.74) is 7.42. The van der Waals surface area contributed by atoms with Crippen LogP contribution in [0, 0.1) is 0 Å². The summed E-state index contributed by atoms with van der Waals surface area (Å²) < 4.78 is 7.43. The molecule has 1 aliphatic rings. The van der Waals surface area contributed by atoms with Gasteiger partial charge in [-0.2, -0.15) is 4.98 Å². The first-order valence-corrected chi connectivity index (χ1v) is 7.60. The van der Waals surface area contributed by atoms with Crippen molar-refractivity contribution in [2.24, 2.45) is 12.8 Å². The molecule has 2 N–H and O–H groups in total. The average molecular weight is 323 g/mol. The Balaban J connectivity index is 1.82. The van der Waals surface area contributed by atoms with Gasteiger partial charge in [0.25, 0.3) is 0 Å². The van der Waals surface area contributed by atoms with Gasteiger partial charge in [-0.25, -0.2) is 9.97 Å². The van der Waals surface area contributed by atoms with Crippen molar-refractivity contribution in [3.8, 4) is 5.88 Å². The van der Waals surface area contributed by atoms with E-state index in [4.69, 9.17) is 22.1 Å². The van der Waals surface area contributed by atoms with E-state index in [9.17, 15) is 0 Å². The monoisotopic (exact) mass is 322 g/mol. The van der Waals surface area contributed by atoms with Crippen molar-refractivity contribution < 1.29 is 4.74 Å². The fourth-order valence-corrected chi connectivity index (χ4v) is 2.91. The van der Waals surface area contributed by atoms with E-state index in [-0.39, 0.29) is 12.0 Å². The number of ether oxygens (including phenoxy) is 1. The summed E-state index contributed by atoms with van der Waals surface area (Å²) in [4.78, 5) is 14.9. The van der Waals surface area contributed by atoms with Crippen molar-refractivity contribution in [2.45, 2.75) is 18.9 Å². The second kappa shape index (κ2) is 6.10. The zero-order valence-electron chi connectivity index (χ0n) is 12.6. The Hall–Kier alpha value is -1.86. The number of rotatable bonds is 4. The maximum atomic E-state index is 6.30. The molecule has 1 saturated heterocycles. The molecule has 0 spiro atoms. The molecule has 2 aromatic rings. The predicted molar refractivity (Wildman–Crippen MR) is 84.3 cm³/mol. The first-order valence-electron chi connectivity index (χ1n) is 7.22. The predicted octanol–water partition coefficient (Wildman–Crippen LogP) is 1.19. The lowest BCUT2D eigenvalue weighted by Crippen LogP contribution is -2.29. The van der Waals surface area contributed by atoms with Gasteiger partial charge in [0, 0.05) is 44.0 Å². The Kier molecular flexibility index (Phi) is 4.17. The van der Waals surface area contributed by atoms with E-state index in [1.165, 1.54) is 0 Å². The summed E-state index contributed by atoms with van der Waals surface area (Å²) in [6.07, 6.45) is 5.22. The zero-order valence-corrected chi connectivity index (χ0v) is 13.4. The molecule has 0 bridgehead atoms. The van der Waals surface area contributed by atoms with E-state index < -0.39 is 0 Å². The fraction of sp³-hybridized carbons (Fsp3) is 0.500. The van der Waals surface area contributed by atoms with Crippen LogP contribution in [0.5, 0.6) is 5.88 Å². The van der Waals surface area contributed by atoms with Crippen LogP contribution in [-0.2, 0) is 7.05 Å². The zero-order chi connectivity index (χ0) is 15.7. The van der Waals surface area contributed by atoms with E-state index in [0.29, 0.717) is 30.0 Å². The fourth-order valence-electron chi connectivity index (χ4n) is 2.76. The van der Waals surface area contributed by atoms with Gasteiger partial charge in [0.15, 0.2) is 0 Å². The molecule has 22 heavy (non-hydrogen) atoms. The third-order valence-corrected chi connectivity index (χ3v) is 4.12. The highest BCUT2D eigenvalue weighted by Gasteiger charge is 2.34. The largest absolute Gasteiger partial charge is 0.477 e. The van der Waals surface area contributed by atoms with Gasteiger partial charge in [-0.3, -0.25) is 0 Å². The molecule has 0 aliphatic carbocycles. The number of hydrogen-bond donors (Lipinski definition) is 1. The van der Waals surface area contributed by atoms with Gasteiger partial charge in [-0.15, -0.1) is 0 Å². The van der Waals surface area contributed by atoms with Crippen LogP contribution >= 0.6 is 11.6 Å². The summed E-state index contributed by atoms with van der Waals surface area (Å²) in [5, 5.41) is 0.414. The smallest absolute Gasteiger partial charge is 0.237 e. The molecule has 0 aromatic carbocycles. The molecule has 8 heteroatoms. The van der Waals surface area contributed by atoms with E-state index in [1.807, 2.05) is 24.7 Å². The van der Waals surface area contributed by atoms with Crippen LogP contribution in [0.4, 0.5) is 5.95 Å². The number of nitrogens with zero attached hydrogens (tertiary/aromatic N) is 5. The topological polar surface area (TPSA) is 82.1 Å². The summed E-state index contributed by atoms with van der Waals surface area (Å²) in [6, 6.07) is 0.00483. The van der Waals surface area contributed by atoms with Gasteiger partial charge in [0.1, 0.15) is 5.02 Å². The summed E-state index contributed by atoms with van der Waals surface area (Å²) in [6.45, 7) is 3.83. The number of hydrogen-bond acceptors (Lipinski definition) is 6. The van der Waals surface area contributed by atoms with Gasteiger partial charge >= 0.3 is 0 Å². The van der Waals surface area contributed by atoms with E-state index in [0.717, 1.165) is 12.2 Å². The normalized spacial score (nSPS) is 21.4.